The third-order valence-electron chi connectivity index (χ3n) is 4.23. The molecule has 0 unspecified atom stereocenters. The summed E-state index contributed by atoms with van der Waals surface area (Å²) >= 11 is 0. The van der Waals surface area contributed by atoms with Crippen LogP contribution in [0.25, 0.3) is 0 Å². The molecule has 0 saturated heterocycles. The van der Waals surface area contributed by atoms with Gasteiger partial charge in [0, 0.05) is 12.1 Å². The van der Waals surface area contributed by atoms with Crippen molar-refractivity contribution in [1.82, 2.24) is 0 Å². The smallest absolute Gasteiger partial charge is 0.293 e. The third-order valence-corrected chi connectivity index (χ3v) is 4.23. The summed E-state index contributed by atoms with van der Waals surface area (Å²) in [7, 11) is 0. The van der Waals surface area contributed by atoms with Crippen molar-refractivity contribution in [3.05, 3.63) is 57.6 Å². The Morgan fingerprint density at radius 3 is 1.61 bits per heavy atom. The average Bonchev–Trinajstić information content (AvgIpc) is 2.72. The molecule has 0 radical (unpaired) electrons. The van der Waals surface area contributed by atoms with Gasteiger partial charge >= 0.3 is 0 Å². The Balaban J connectivity index is 1.96. The van der Waals surface area contributed by atoms with E-state index in [1.165, 1.54) is 12.1 Å². The fourth-order valence-corrected chi connectivity index (χ4v) is 2.86. The minimum Gasteiger partial charge on any atom is -0.485 e. The van der Waals surface area contributed by atoms with Crippen molar-refractivity contribution in [2.45, 2.75) is 26.4 Å². The quantitative estimate of drug-likeness (QED) is 0.702. The molecule has 0 aromatic heterocycles. The van der Waals surface area contributed by atoms with Crippen LogP contribution in [0.15, 0.2) is 24.3 Å². The number of carbonyl (C=O) groups is 2. The van der Waals surface area contributed by atoms with Gasteiger partial charge in [0.1, 0.15) is 38.6 Å². The molecular weight excluding hydrogens is 364 g/mol. The molecule has 2 aromatic carbocycles. The molecule has 0 amide bonds. The zero-order valence-electron chi connectivity index (χ0n) is 14.6. The number of benzene rings is 2. The number of ether oxygens (including phenoxy) is 4. The van der Waals surface area contributed by atoms with Gasteiger partial charge in [-0.1, -0.05) is 0 Å². The van der Waals surface area contributed by atoms with Crippen LogP contribution in [-0.4, -0.2) is 12.9 Å². The number of hydrogen-bond donors (Lipinski definition) is 0. The molecule has 0 saturated carbocycles. The molecule has 3 rings (SSSR count). The highest BCUT2D eigenvalue weighted by molar-refractivity contribution is 5.56. The summed E-state index contributed by atoms with van der Waals surface area (Å²) in [5, 5.41) is 18.4. The van der Waals surface area contributed by atoms with E-state index in [0.717, 1.165) is 11.1 Å². The number of fused-ring (bicyclic) bond motifs is 2. The standard InChI is InChI=1S/C20H14N2O6/c21-5-13-3-19-20(4-14(13)6-22)28-10-18-2-16(8-26-12-24)15(7-25-11-23)1-17(18)9-27-19/h1-4,11-12H,7-10H2. The van der Waals surface area contributed by atoms with Gasteiger partial charge in [-0.15, -0.1) is 0 Å². The third kappa shape index (κ3) is 3.87. The van der Waals surface area contributed by atoms with Gasteiger partial charge in [-0.3, -0.25) is 9.59 Å². The van der Waals surface area contributed by atoms with E-state index in [-0.39, 0.29) is 37.6 Å². The summed E-state index contributed by atoms with van der Waals surface area (Å²) in [4.78, 5) is 21.1. The molecular formula is C20H14N2O6. The van der Waals surface area contributed by atoms with Crippen LogP contribution in [0.2, 0.25) is 0 Å². The summed E-state index contributed by atoms with van der Waals surface area (Å²) in [5.74, 6) is 0.723. The lowest BCUT2D eigenvalue weighted by Crippen LogP contribution is -2.12. The first kappa shape index (κ1) is 18.7. The average molecular weight is 378 g/mol. The first-order valence-corrected chi connectivity index (χ1v) is 8.18. The predicted octanol–water partition coefficient (Wildman–Crippen LogP) is 2.25. The number of rotatable bonds is 6. The van der Waals surface area contributed by atoms with Gasteiger partial charge in [0.25, 0.3) is 12.9 Å². The summed E-state index contributed by atoms with van der Waals surface area (Å²) in [5.41, 5.74) is 3.35. The molecule has 1 aliphatic heterocycles. The fourth-order valence-electron chi connectivity index (χ4n) is 2.86. The van der Waals surface area contributed by atoms with Crippen molar-refractivity contribution in [2.75, 3.05) is 0 Å². The van der Waals surface area contributed by atoms with Crippen LogP contribution in [0.1, 0.15) is 33.4 Å². The van der Waals surface area contributed by atoms with Crippen molar-refractivity contribution in [1.29, 1.82) is 10.5 Å². The zero-order valence-corrected chi connectivity index (χ0v) is 14.6. The van der Waals surface area contributed by atoms with Crippen LogP contribution in [0.5, 0.6) is 11.5 Å². The number of carbonyl (C=O) groups excluding carboxylic acids is 2. The van der Waals surface area contributed by atoms with E-state index in [4.69, 9.17) is 18.9 Å². The maximum Gasteiger partial charge on any atom is 0.293 e. The van der Waals surface area contributed by atoms with Crippen LogP contribution in [0, 0.1) is 22.7 Å². The van der Waals surface area contributed by atoms with Gasteiger partial charge < -0.3 is 18.9 Å². The van der Waals surface area contributed by atoms with Gasteiger partial charge in [0.05, 0.1) is 11.1 Å². The summed E-state index contributed by atoms with van der Waals surface area (Å²) in [6, 6.07) is 10.5. The highest BCUT2D eigenvalue weighted by Crippen LogP contribution is 2.34. The molecule has 0 spiro atoms. The monoisotopic (exact) mass is 378 g/mol. The summed E-state index contributed by atoms with van der Waals surface area (Å²) < 4.78 is 21.3. The topological polar surface area (TPSA) is 119 Å². The van der Waals surface area contributed by atoms with E-state index in [2.05, 4.69) is 0 Å². The molecule has 0 N–H and O–H groups in total. The Bertz CT molecular complexity index is 923. The lowest BCUT2D eigenvalue weighted by atomic mass is 9.99. The summed E-state index contributed by atoms with van der Waals surface area (Å²) in [6.45, 7) is 1.10. The van der Waals surface area contributed by atoms with Gasteiger partial charge in [-0.25, -0.2) is 0 Å². The van der Waals surface area contributed by atoms with E-state index < -0.39 is 0 Å². The van der Waals surface area contributed by atoms with Crippen molar-refractivity contribution in [2.24, 2.45) is 0 Å². The minimum absolute atomic E-state index is 0.0237. The van der Waals surface area contributed by atoms with Crippen LogP contribution < -0.4 is 9.47 Å². The van der Waals surface area contributed by atoms with E-state index in [0.29, 0.717) is 35.6 Å². The molecule has 1 heterocycles. The predicted molar refractivity (Wildman–Crippen MR) is 92.7 cm³/mol. The number of nitrogens with zero attached hydrogens (tertiary/aromatic N) is 2. The van der Waals surface area contributed by atoms with Gasteiger partial charge in [0.2, 0.25) is 0 Å². The Hall–Kier alpha value is -4.04. The lowest BCUT2D eigenvalue weighted by Gasteiger charge is -2.21. The molecule has 0 bridgehead atoms. The van der Waals surface area contributed by atoms with Gasteiger partial charge in [0.15, 0.2) is 11.5 Å². The Morgan fingerprint density at radius 1 is 0.821 bits per heavy atom. The fraction of sp³-hybridized carbons (Fsp3) is 0.200. The van der Waals surface area contributed by atoms with Crippen LogP contribution >= 0.6 is 0 Å². The second-order valence-electron chi connectivity index (χ2n) is 5.85. The van der Waals surface area contributed by atoms with Crippen molar-refractivity contribution >= 4 is 12.9 Å². The molecule has 0 atom stereocenters. The Kier molecular flexibility index (Phi) is 5.73. The highest BCUT2D eigenvalue weighted by atomic mass is 16.5. The molecule has 2 aromatic rings. The largest absolute Gasteiger partial charge is 0.485 e. The Morgan fingerprint density at radius 2 is 1.25 bits per heavy atom. The maximum absolute atomic E-state index is 10.5. The molecule has 140 valence electrons. The SMILES string of the molecule is N#Cc1cc2c(cc1C#N)OCc1cc(COC=O)c(COC=O)cc1CO2. The highest BCUT2D eigenvalue weighted by Gasteiger charge is 2.19. The van der Waals surface area contributed by atoms with Crippen LogP contribution in [-0.2, 0) is 45.5 Å². The van der Waals surface area contributed by atoms with E-state index in [1.54, 1.807) is 12.1 Å². The maximum atomic E-state index is 10.5. The first-order valence-electron chi connectivity index (χ1n) is 8.18. The van der Waals surface area contributed by atoms with Gasteiger partial charge in [-0.05, 0) is 34.4 Å². The second-order valence-corrected chi connectivity index (χ2v) is 5.85. The van der Waals surface area contributed by atoms with Gasteiger partial charge in [-0.2, -0.15) is 10.5 Å². The van der Waals surface area contributed by atoms with Crippen LogP contribution in [0.3, 0.4) is 0 Å². The van der Waals surface area contributed by atoms with Crippen molar-refractivity contribution < 1.29 is 28.5 Å². The normalized spacial score (nSPS) is 11.6. The molecule has 1 aliphatic rings. The molecule has 8 nitrogen and oxygen atoms in total. The van der Waals surface area contributed by atoms with E-state index in [1.807, 2.05) is 12.1 Å². The minimum atomic E-state index is 0.0237. The molecule has 8 heteroatoms. The molecule has 0 aliphatic carbocycles. The van der Waals surface area contributed by atoms with Crippen molar-refractivity contribution in [3.8, 4) is 23.6 Å². The first-order chi connectivity index (χ1) is 13.7. The number of hydrogen-bond acceptors (Lipinski definition) is 8. The lowest BCUT2D eigenvalue weighted by molar-refractivity contribution is -0.131. The van der Waals surface area contributed by atoms with Crippen LogP contribution in [0.4, 0.5) is 0 Å². The van der Waals surface area contributed by atoms with E-state index in [9.17, 15) is 20.1 Å². The van der Waals surface area contributed by atoms with Crippen molar-refractivity contribution in [3.63, 3.8) is 0 Å². The number of nitriles is 2. The van der Waals surface area contributed by atoms with E-state index >= 15 is 0 Å². The second kappa shape index (κ2) is 8.56. The Labute approximate surface area is 160 Å². The molecule has 0 fully saturated rings. The summed E-state index contributed by atoms with van der Waals surface area (Å²) in [6.07, 6.45) is 0. The molecule has 28 heavy (non-hydrogen) atoms. The zero-order chi connectivity index (χ0) is 19.9.